The van der Waals surface area contributed by atoms with E-state index in [1.807, 2.05) is 32.0 Å². The van der Waals surface area contributed by atoms with Crippen LogP contribution in [0.15, 0.2) is 71.4 Å². The van der Waals surface area contributed by atoms with E-state index in [1.165, 1.54) is 18.2 Å². The highest BCUT2D eigenvalue weighted by Crippen LogP contribution is 2.35. The van der Waals surface area contributed by atoms with E-state index >= 15 is 0 Å². The van der Waals surface area contributed by atoms with Crippen LogP contribution in [-0.4, -0.2) is 17.7 Å². The highest BCUT2D eigenvalue weighted by molar-refractivity contribution is 6.54. The van der Waals surface area contributed by atoms with Gasteiger partial charge in [-0.2, -0.15) is 0 Å². The SMILES string of the molecule is CCc1cccc(CC)c1NC(=O)c1cccc(NC2=C(Cl)C(=O)N(c3ccc(Cl)cc3Cl)C2=O)c1. The smallest absolute Gasteiger partial charge is 0.283 e. The lowest BCUT2D eigenvalue weighted by molar-refractivity contribution is -0.120. The lowest BCUT2D eigenvalue weighted by atomic mass is 10.0. The first kappa shape index (κ1) is 25.8. The van der Waals surface area contributed by atoms with Crippen molar-refractivity contribution in [3.05, 3.63) is 98.1 Å². The Morgan fingerprint density at radius 1 is 0.861 bits per heavy atom. The number of amides is 3. The van der Waals surface area contributed by atoms with Gasteiger partial charge in [0.1, 0.15) is 10.7 Å². The third kappa shape index (κ3) is 4.98. The molecule has 0 atom stereocenters. The maximum Gasteiger partial charge on any atom is 0.283 e. The van der Waals surface area contributed by atoms with Gasteiger partial charge < -0.3 is 10.6 Å². The van der Waals surface area contributed by atoms with Crippen LogP contribution >= 0.6 is 34.8 Å². The van der Waals surface area contributed by atoms with Crippen molar-refractivity contribution in [2.24, 2.45) is 0 Å². The van der Waals surface area contributed by atoms with Gasteiger partial charge in [0.15, 0.2) is 0 Å². The van der Waals surface area contributed by atoms with Crippen LogP contribution in [0.4, 0.5) is 17.1 Å². The van der Waals surface area contributed by atoms with Crippen molar-refractivity contribution in [2.45, 2.75) is 26.7 Å². The molecule has 0 bridgehead atoms. The number of halogens is 3. The Bertz CT molecular complexity index is 1400. The zero-order valence-electron chi connectivity index (χ0n) is 19.5. The van der Waals surface area contributed by atoms with Gasteiger partial charge in [-0.3, -0.25) is 14.4 Å². The van der Waals surface area contributed by atoms with Gasteiger partial charge in [-0.05, 0) is 60.4 Å². The van der Waals surface area contributed by atoms with Crippen LogP contribution in [0.2, 0.25) is 10.0 Å². The summed E-state index contributed by atoms with van der Waals surface area (Å²) in [6.45, 7) is 4.07. The molecule has 1 heterocycles. The number of carbonyl (C=O) groups is 3. The average molecular weight is 543 g/mol. The summed E-state index contributed by atoms with van der Waals surface area (Å²) in [5.74, 6) is -1.68. The predicted molar refractivity (Wildman–Crippen MR) is 145 cm³/mol. The van der Waals surface area contributed by atoms with Crippen LogP contribution < -0.4 is 15.5 Å². The van der Waals surface area contributed by atoms with E-state index in [4.69, 9.17) is 34.8 Å². The van der Waals surface area contributed by atoms with Crippen LogP contribution in [0.25, 0.3) is 0 Å². The van der Waals surface area contributed by atoms with Crippen LogP contribution in [0.5, 0.6) is 0 Å². The van der Waals surface area contributed by atoms with Crippen molar-refractivity contribution in [2.75, 3.05) is 15.5 Å². The number of nitrogens with one attached hydrogen (secondary N) is 2. The molecule has 0 aromatic heterocycles. The molecule has 3 amide bonds. The van der Waals surface area contributed by atoms with Crippen molar-refractivity contribution in [1.82, 2.24) is 0 Å². The van der Waals surface area contributed by atoms with Crippen molar-refractivity contribution in [3.8, 4) is 0 Å². The summed E-state index contributed by atoms with van der Waals surface area (Å²) >= 11 is 18.4. The van der Waals surface area contributed by atoms with Gasteiger partial charge in [0.2, 0.25) is 0 Å². The molecule has 184 valence electrons. The molecular formula is C27H22Cl3N3O3. The van der Waals surface area contributed by atoms with Crippen LogP contribution in [0.3, 0.4) is 0 Å². The van der Waals surface area contributed by atoms with Crippen molar-refractivity contribution < 1.29 is 14.4 Å². The predicted octanol–water partition coefficient (Wildman–Crippen LogP) is 6.81. The van der Waals surface area contributed by atoms with E-state index in [0.29, 0.717) is 16.3 Å². The summed E-state index contributed by atoms with van der Waals surface area (Å²) in [4.78, 5) is 39.8. The lowest BCUT2D eigenvalue weighted by Crippen LogP contribution is -2.32. The number of nitrogens with zero attached hydrogens (tertiary/aromatic N) is 1. The fraction of sp³-hybridized carbons (Fsp3) is 0.148. The minimum atomic E-state index is -0.717. The highest BCUT2D eigenvalue weighted by Gasteiger charge is 2.39. The second kappa shape index (κ2) is 10.7. The number of aryl methyl sites for hydroxylation is 2. The van der Waals surface area contributed by atoms with E-state index in [1.54, 1.807) is 24.3 Å². The topological polar surface area (TPSA) is 78.5 Å². The summed E-state index contributed by atoms with van der Waals surface area (Å²) in [5.41, 5.74) is 3.74. The van der Waals surface area contributed by atoms with Crippen LogP contribution in [-0.2, 0) is 22.4 Å². The Morgan fingerprint density at radius 2 is 1.53 bits per heavy atom. The molecule has 1 aliphatic rings. The largest absolute Gasteiger partial charge is 0.350 e. The number of para-hydroxylation sites is 1. The number of carbonyl (C=O) groups excluding carboxylic acids is 3. The molecule has 1 aliphatic heterocycles. The Kier molecular flexibility index (Phi) is 7.69. The van der Waals surface area contributed by atoms with Gasteiger partial charge in [-0.1, -0.05) is 72.9 Å². The van der Waals surface area contributed by atoms with E-state index in [0.717, 1.165) is 34.6 Å². The molecule has 0 spiro atoms. The second-order valence-corrected chi connectivity index (χ2v) is 9.27. The molecule has 2 N–H and O–H groups in total. The first-order chi connectivity index (χ1) is 17.2. The molecule has 3 aromatic carbocycles. The first-order valence-corrected chi connectivity index (χ1v) is 12.4. The van der Waals surface area contributed by atoms with Gasteiger partial charge in [-0.25, -0.2) is 4.90 Å². The fourth-order valence-electron chi connectivity index (χ4n) is 3.96. The highest BCUT2D eigenvalue weighted by atomic mass is 35.5. The van der Waals surface area contributed by atoms with Crippen LogP contribution in [0.1, 0.15) is 35.3 Å². The summed E-state index contributed by atoms with van der Waals surface area (Å²) in [6, 6.07) is 17.0. The minimum Gasteiger partial charge on any atom is -0.350 e. The third-order valence-corrected chi connectivity index (χ3v) is 6.70. The molecule has 36 heavy (non-hydrogen) atoms. The number of hydrogen-bond acceptors (Lipinski definition) is 4. The number of benzene rings is 3. The lowest BCUT2D eigenvalue weighted by Gasteiger charge is -2.17. The number of hydrogen-bond donors (Lipinski definition) is 2. The molecule has 4 rings (SSSR count). The fourth-order valence-corrected chi connectivity index (χ4v) is 4.67. The molecular weight excluding hydrogens is 521 g/mol. The summed E-state index contributed by atoms with van der Waals surface area (Å²) in [6.07, 6.45) is 1.56. The molecule has 3 aromatic rings. The zero-order valence-corrected chi connectivity index (χ0v) is 21.8. The van der Waals surface area contributed by atoms with Gasteiger partial charge in [0, 0.05) is 22.0 Å². The molecule has 0 unspecified atom stereocenters. The molecule has 0 saturated carbocycles. The van der Waals surface area contributed by atoms with Crippen molar-refractivity contribution in [3.63, 3.8) is 0 Å². The first-order valence-electron chi connectivity index (χ1n) is 11.3. The van der Waals surface area contributed by atoms with Gasteiger partial charge in [0.25, 0.3) is 17.7 Å². The number of rotatable bonds is 7. The van der Waals surface area contributed by atoms with E-state index in [9.17, 15) is 14.4 Å². The van der Waals surface area contributed by atoms with E-state index in [2.05, 4.69) is 10.6 Å². The maximum atomic E-state index is 13.1. The Hall–Kier alpha value is -3.32. The van der Waals surface area contributed by atoms with Gasteiger partial charge in [-0.15, -0.1) is 0 Å². The normalized spacial score (nSPS) is 13.4. The summed E-state index contributed by atoms with van der Waals surface area (Å²) in [5, 5.41) is 6.12. The van der Waals surface area contributed by atoms with Gasteiger partial charge >= 0.3 is 0 Å². The van der Waals surface area contributed by atoms with E-state index < -0.39 is 11.8 Å². The molecule has 0 fully saturated rings. The molecule has 6 nitrogen and oxygen atoms in total. The molecule has 0 aliphatic carbocycles. The summed E-state index contributed by atoms with van der Waals surface area (Å²) in [7, 11) is 0. The quantitative estimate of drug-likeness (QED) is 0.322. The third-order valence-electron chi connectivity index (χ3n) is 5.81. The van der Waals surface area contributed by atoms with Crippen LogP contribution in [0, 0.1) is 0 Å². The second-order valence-electron chi connectivity index (χ2n) is 8.05. The summed E-state index contributed by atoms with van der Waals surface area (Å²) < 4.78 is 0. The number of anilines is 3. The van der Waals surface area contributed by atoms with E-state index in [-0.39, 0.29) is 27.3 Å². The minimum absolute atomic E-state index is 0.116. The molecule has 9 heteroatoms. The molecule has 0 radical (unpaired) electrons. The zero-order chi connectivity index (χ0) is 26.0. The average Bonchev–Trinajstić information content (AvgIpc) is 3.07. The maximum absolute atomic E-state index is 13.1. The Balaban J connectivity index is 1.58. The monoisotopic (exact) mass is 541 g/mol. The van der Waals surface area contributed by atoms with Crippen molar-refractivity contribution in [1.29, 1.82) is 0 Å². The molecule has 0 saturated heterocycles. The number of imide groups is 1. The van der Waals surface area contributed by atoms with Gasteiger partial charge in [0.05, 0.1) is 10.7 Å². The Labute approximate surface area is 223 Å². The Morgan fingerprint density at radius 3 is 2.17 bits per heavy atom. The van der Waals surface area contributed by atoms with Crippen molar-refractivity contribution >= 4 is 69.6 Å². The standard InChI is InChI=1S/C27H22Cl3N3O3/c1-3-15-7-5-8-16(4-2)23(15)32-25(34)17-9-6-10-19(13-17)31-24-22(30)26(35)33(27(24)36)21-12-11-18(28)14-20(21)29/h5-14,31H,3-4H2,1-2H3,(H,32,34).